The lowest BCUT2D eigenvalue weighted by molar-refractivity contribution is -0.172. The maximum Gasteiger partial charge on any atom is 0.266 e. The summed E-state index contributed by atoms with van der Waals surface area (Å²) in [5.41, 5.74) is 1.93. The molecule has 2 saturated heterocycles. The number of β-lactam (4-membered cyclic amide) rings is 2. The third kappa shape index (κ3) is 5.76. The van der Waals surface area contributed by atoms with E-state index < -0.39 is 12.2 Å². The molecule has 258 valence electrons. The molecule has 8 heteroatoms. The Balaban J connectivity index is 1.09. The minimum Gasteiger partial charge on any atom is -0.486 e. The van der Waals surface area contributed by atoms with E-state index in [1.165, 1.54) is 0 Å². The van der Waals surface area contributed by atoms with Gasteiger partial charge in [0.1, 0.15) is 25.3 Å². The van der Waals surface area contributed by atoms with Crippen molar-refractivity contribution in [2.45, 2.75) is 24.3 Å². The molecule has 0 saturated carbocycles. The molecule has 0 aliphatic carbocycles. The summed E-state index contributed by atoms with van der Waals surface area (Å²) in [6, 6.07) is 42.9. The van der Waals surface area contributed by atoms with E-state index in [0.717, 1.165) is 32.7 Å². The molecule has 8 nitrogen and oxygen atoms in total. The lowest BCUT2D eigenvalue weighted by Gasteiger charge is -2.50. The van der Waals surface area contributed by atoms with Crippen molar-refractivity contribution in [1.82, 2.24) is 9.80 Å². The Bertz CT molecular complexity index is 2180. The van der Waals surface area contributed by atoms with Gasteiger partial charge >= 0.3 is 0 Å². The number of fused-ring (bicyclic) bond motifs is 2. The fourth-order valence-electron chi connectivity index (χ4n) is 7.49. The number of nitrogens with zero attached hydrogens (tertiary/aromatic N) is 2. The van der Waals surface area contributed by atoms with E-state index in [9.17, 15) is 9.59 Å². The number of amides is 2. The highest BCUT2D eigenvalue weighted by Crippen LogP contribution is 2.43. The van der Waals surface area contributed by atoms with Gasteiger partial charge in [0.25, 0.3) is 11.8 Å². The standard InChI is InChI=1S/C44H36N2O6/c47-43-41-39(33-21-19-29-11-1-3-13-31(29)27-33)45(43)23-24-46-40(34-22-20-30-12-2-4-14-32(30)28-34)42(44(46)48)52-38-18-8-6-16-36(38)50-26-10-9-25-49-35-15-5-7-17-37(35)51-41/h1-22,27-28,39-42H,23-26H2/b10-9-/t39-,40+,41+,42-. The minimum absolute atomic E-state index is 0.142. The molecule has 5 aliphatic heterocycles. The van der Waals surface area contributed by atoms with Crippen molar-refractivity contribution in [3.8, 4) is 23.0 Å². The Morgan fingerprint density at radius 2 is 0.827 bits per heavy atom. The normalized spacial score (nSPS) is 22.3. The van der Waals surface area contributed by atoms with E-state index in [2.05, 4.69) is 60.7 Å². The topological polar surface area (TPSA) is 77.5 Å². The van der Waals surface area contributed by atoms with Crippen LogP contribution in [0.3, 0.4) is 0 Å². The fraction of sp³-hybridized carbons (Fsp3) is 0.182. The van der Waals surface area contributed by atoms with Gasteiger partial charge in [-0.15, -0.1) is 0 Å². The molecule has 4 bridgehead atoms. The van der Waals surface area contributed by atoms with Crippen molar-refractivity contribution in [3.63, 3.8) is 0 Å². The summed E-state index contributed by atoms with van der Waals surface area (Å²) in [5.74, 6) is 1.79. The first-order chi connectivity index (χ1) is 25.6. The largest absolute Gasteiger partial charge is 0.486 e. The molecule has 2 amide bonds. The maximum absolute atomic E-state index is 14.0. The number of carbonyl (C=O) groups excluding carboxylic acids is 2. The molecule has 4 atom stereocenters. The highest BCUT2D eigenvalue weighted by Gasteiger charge is 2.53. The number of hydrogen-bond donors (Lipinski definition) is 0. The van der Waals surface area contributed by atoms with Crippen LogP contribution in [0.25, 0.3) is 21.5 Å². The summed E-state index contributed by atoms with van der Waals surface area (Å²) in [7, 11) is 0. The SMILES string of the molecule is O=C1[C@H]2Oc3ccccc3OC/C=C\COc3ccccc3O[C@H]3C(=O)N(CCN1[C@@H]2c1ccc2ccccc2c1)[C@H]3c1ccc2ccccc2c1. The third-order valence-electron chi connectivity index (χ3n) is 10.2. The van der Waals surface area contributed by atoms with Gasteiger partial charge in [0.2, 0.25) is 12.2 Å². The number of para-hydroxylation sites is 4. The molecular weight excluding hydrogens is 652 g/mol. The Kier molecular flexibility index (Phi) is 8.20. The van der Waals surface area contributed by atoms with Crippen LogP contribution in [0.15, 0.2) is 146 Å². The van der Waals surface area contributed by atoms with E-state index in [1.807, 2.05) is 94.7 Å². The molecule has 11 rings (SSSR count). The molecule has 0 N–H and O–H groups in total. The van der Waals surface area contributed by atoms with Crippen LogP contribution in [-0.4, -0.2) is 60.1 Å². The second-order valence-corrected chi connectivity index (χ2v) is 13.2. The second kappa shape index (κ2) is 13.5. The lowest BCUT2D eigenvalue weighted by atomic mass is 9.87. The van der Waals surface area contributed by atoms with Crippen LogP contribution in [0, 0.1) is 0 Å². The molecule has 2 fully saturated rings. The molecule has 5 heterocycles. The van der Waals surface area contributed by atoms with Crippen molar-refractivity contribution < 1.29 is 28.5 Å². The van der Waals surface area contributed by atoms with Crippen LogP contribution in [-0.2, 0) is 9.59 Å². The molecule has 52 heavy (non-hydrogen) atoms. The molecule has 0 spiro atoms. The molecule has 0 radical (unpaired) electrons. The monoisotopic (exact) mass is 688 g/mol. The summed E-state index contributed by atoms with van der Waals surface area (Å²) in [6.07, 6.45) is 2.21. The van der Waals surface area contributed by atoms with Gasteiger partial charge < -0.3 is 28.7 Å². The van der Waals surface area contributed by atoms with Gasteiger partial charge in [-0.3, -0.25) is 9.59 Å². The van der Waals surface area contributed by atoms with Crippen LogP contribution in [0.4, 0.5) is 0 Å². The minimum atomic E-state index is -0.767. The Labute approximate surface area is 301 Å². The van der Waals surface area contributed by atoms with E-state index in [1.54, 1.807) is 0 Å². The average molecular weight is 689 g/mol. The van der Waals surface area contributed by atoms with Gasteiger partial charge in [0, 0.05) is 13.1 Å². The molecule has 6 aromatic carbocycles. The van der Waals surface area contributed by atoms with Gasteiger partial charge in [-0.2, -0.15) is 0 Å². The highest BCUT2D eigenvalue weighted by molar-refractivity contribution is 5.92. The van der Waals surface area contributed by atoms with Crippen LogP contribution >= 0.6 is 0 Å². The van der Waals surface area contributed by atoms with Crippen molar-refractivity contribution in [2.24, 2.45) is 0 Å². The zero-order valence-electron chi connectivity index (χ0n) is 28.3. The first kappa shape index (κ1) is 31.7. The quantitative estimate of drug-likeness (QED) is 0.137. The number of ether oxygens (including phenoxy) is 4. The Morgan fingerprint density at radius 3 is 1.27 bits per heavy atom. The van der Waals surface area contributed by atoms with E-state index >= 15 is 0 Å². The van der Waals surface area contributed by atoms with Gasteiger partial charge in [-0.1, -0.05) is 97.1 Å². The number of rotatable bonds is 2. The van der Waals surface area contributed by atoms with Gasteiger partial charge in [0.15, 0.2) is 23.0 Å². The first-order valence-electron chi connectivity index (χ1n) is 17.6. The number of carbonyl (C=O) groups is 2. The molecule has 0 aromatic heterocycles. The van der Waals surface area contributed by atoms with Crippen LogP contribution in [0.5, 0.6) is 23.0 Å². The zero-order chi connectivity index (χ0) is 35.0. The van der Waals surface area contributed by atoms with E-state index in [0.29, 0.717) is 36.1 Å². The van der Waals surface area contributed by atoms with Gasteiger partial charge in [-0.25, -0.2) is 0 Å². The fourth-order valence-corrected chi connectivity index (χ4v) is 7.49. The highest BCUT2D eigenvalue weighted by atomic mass is 16.5. The molecule has 6 aromatic rings. The number of benzene rings is 6. The molecule has 5 aliphatic rings. The van der Waals surface area contributed by atoms with Gasteiger partial charge in [0.05, 0.1) is 0 Å². The summed E-state index contributed by atoms with van der Waals surface area (Å²) >= 11 is 0. The Hall–Kier alpha value is -6.28. The van der Waals surface area contributed by atoms with Crippen molar-refractivity contribution >= 4 is 33.4 Å². The van der Waals surface area contributed by atoms with Gasteiger partial charge in [-0.05, 0) is 81.2 Å². The lowest BCUT2D eigenvalue weighted by Crippen LogP contribution is -2.66. The predicted octanol–water partition coefficient (Wildman–Crippen LogP) is 7.68. The average Bonchev–Trinajstić information content (AvgIpc) is 3.18. The van der Waals surface area contributed by atoms with E-state index in [-0.39, 0.29) is 37.1 Å². The smallest absolute Gasteiger partial charge is 0.266 e. The summed E-state index contributed by atoms with van der Waals surface area (Å²) < 4.78 is 25.2. The molecular formula is C44H36N2O6. The van der Waals surface area contributed by atoms with Crippen molar-refractivity contribution in [3.05, 3.63) is 157 Å². The summed E-state index contributed by atoms with van der Waals surface area (Å²) in [4.78, 5) is 31.7. The molecule has 0 unspecified atom stereocenters. The summed E-state index contributed by atoms with van der Waals surface area (Å²) in [5, 5.41) is 4.38. The third-order valence-corrected chi connectivity index (χ3v) is 10.2. The second-order valence-electron chi connectivity index (χ2n) is 13.2. The van der Waals surface area contributed by atoms with Crippen molar-refractivity contribution in [2.75, 3.05) is 26.3 Å². The van der Waals surface area contributed by atoms with Crippen LogP contribution in [0.2, 0.25) is 0 Å². The predicted molar refractivity (Wildman–Crippen MR) is 199 cm³/mol. The van der Waals surface area contributed by atoms with Crippen LogP contribution < -0.4 is 18.9 Å². The first-order valence-corrected chi connectivity index (χ1v) is 17.6. The summed E-state index contributed by atoms with van der Waals surface area (Å²) in [6.45, 7) is 1.20. The van der Waals surface area contributed by atoms with Crippen LogP contribution in [0.1, 0.15) is 23.2 Å². The van der Waals surface area contributed by atoms with Crippen molar-refractivity contribution in [1.29, 1.82) is 0 Å². The Morgan fingerprint density at radius 1 is 0.442 bits per heavy atom. The number of hydrogen-bond acceptors (Lipinski definition) is 6. The van der Waals surface area contributed by atoms with E-state index in [4.69, 9.17) is 18.9 Å². The zero-order valence-corrected chi connectivity index (χ0v) is 28.3. The maximum atomic E-state index is 14.0.